The lowest BCUT2D eigenvalue weighted by Crippen LogP contribution is -2.37. The second kappa shape index (κ2) is 7.49. The molecular weight excluding hydrogens is 380 g/mol. The Kier molecular flexibility index (Phi) is 5.71. The first kappa shape index (κ1) is 20.6. The Balaban J connectivity index is 2.06. The molecule has 0 saturated carbocycles. The molecule has 2 aromatic rings. The summed E-state index contributed by atoms with van der Waals surface area (Å²) in [6.07, 6.45) is -8.54. The minimum Gasteiger partial charge on any atom is -0.491 e. The van der Waals surface area contributed by atoms with Crippen molar-refractivity contribution in [2.24, 2.45) is 7.05 Å². The van der Waals surface area contributed by atoms with Gasteiger partial charge in [-0.3, -0.25) is 9.48 Å². The summed E-state index contributed by atoms with van der Waals surface area (Å²) in [7, 11) is 1.23. The molecule has 0 aliphatic rings. The summed E-state index contributed by atoms with van der Waals surface area (Å²) in [6.45, 7) is 1.01. The number of alkyl halides is 6. The molecule has 1 amide bonds. The highest BCUT2D eigenvalue weighted by atomic mass is 19.4. The number of halogens is 6. The Morgan fingerprint density at radius 3 is 2.41 bits per heavy atom. The van der Waals surface area contributed by atoms with Crippen molar-refractivity contribution >= 4 is 5.91 Å². The highest BCUT2D eigenvalue weighted by molar-refractivity contribution is 5.95. The number of hydrogen-bond acceptors (Lipinski definition) is 3. The molecule has 0 aliphatic carbocycles. The van der Waals surface area contributed by atoms with Crippen LogP contribution in [0.5, 0.6) is 5.75 Å². The smallest absolute Gasteiger partial charge is 0.435 e. The number of benzene rings is 1. The zero-order chi connectivity index (χ0) is 20.4. The maximum absolute atomic E-state index is 12.9. The fraction of sp³-hybridized carbons (Fsp3) is 0.375. The first-order chi connectivity index (χ1) is 12.4. The number of para-hydroxylation sites is 1. The number of amides is 1. The van der Waals surface area contributed by atoms with Crippen LogP contribution >= 0.6 is 0 Å². The van der Waals surface area contributed by atoms with Crippen LogP contribution in [0.2, 0.25) is 0 Å². The van der Waals surface area contributed by atoms with E-state index < -0.39 is 46.9 Å². The SMILES string of the molecule is CC(COc1ccccc1C(F)(F)F)NC(=O)c1cn(C)nc1C(F)(F)F. The third-order valence-electron chi connectivity index (χ3n) is 3.40. The summed E-state index contributed by atoms with van der Waals surface area (Å²) in [6, 6.07) is 3.63. The molecule has 0 spiro atoms. The number of rotatable bonds is 5. The molecule has 0 radical (unpaired) electrons. The predicted molar refractivity (Wildman–Crippen MR) is 82.1 cm³/mol. The Hall–Kier alpha value is -2.72. The van der Waals surface area contributed by atoms with Gasteiger partial charge in [-0.05, 0) is 19.1 Å². The van der Waals surface area contributed by atoms with Gasteiger partial charge in [0.2, 0.25) is 0 Å². The van der Waals surface area contributed by atoms with Crippen molar-refractivity contribution in [1.29, 1.82) is 0 Å². The highest BCUT2D eigenvalue weighted by Crippen LogP contribution is 2.36. The van der Waals surface area contributed by atoms with E-state index in [-0.39, 0.29) is 6.61 Å². The molecule has 1 aromatic heterocycles. The van der Waals surface area contributed by atoms with Crippen molar-refractivity contribution in [3.63, 3.8) is 0 Å². The summed E-state index contributed by atoms with van der Waals surface area (Å²) in [5, 5.41) is 5.47. The number of nitrogens with one attached hydrogen (secondary N) is 1. The number of nitrogens with zero attached hydrogens (tertiary/aromatic N) is 2. The molecule has 1 heterocycles. The van der Waals surface area contributed by atoms with Crippen LogP contribution in [0.1, 0.15) is 28.5 Å². The van der Waals surface area contributed by atoms with Crippen LogP contribution in [0.15, 0.2) is 30.5 Å². The van der Waals surface area contributed by atoms with Crippen molar-refractivity contribution in [3.8, 4) is 5.75 Å². The van der Waals surface area contributed by atoms with Crippen LogP contribution < -0.4 is 10.1 Å². The van der Waals surface area contributed by atoms with Gasteiger partial charge in [0.05, 0.1) is 17.2 Å². The lowest BCUT2D eigenvalue weighted by Gasteiger charge is -2.18. The number of ether oxygens (including phenoxy) is 1. The van der Waals surface area contributed by atoms with Gasteiger partial charge in [-0.25, -0.2) is 0 Å². The van der Waals surface area contributed by atoms with Gasteiger partial charge in [0, 0.05) is 13.2 Å². The van der Waals surface area contributed by atoms with Crippen molar-refractivity contribution in [3.05, 3.63) is 47.3 Å². The first-order valence-corrected chi connectivity index (χ1v) is 7.60. The topological polar surface area (TPSA) is 56.1 Å². The van der Waals surface area contributed by atoms with Gasteiger partial charge >= 0.3 is 12.4 Å². The largest absolute Gasteiger partial charge is 0.491 e. The summed E-state index contributed by atoms with van der Waals surface area (Å²) in [5.41, 5.74) is -3.03. The number of carbonyl (C=O) groups is 1. The summed E-state index contributed by atoms with van der Waals surface area (Å²) in [5.74, 6) is -1.50. The Morgan fingerprint density at radius 2 is 1.81 bits per heavy atom. The highest BCUT2D eigenvalue weighted by Gasteiger charge is 2.39. The average molecular weight is 395 g/mol. The minimum absolute atomic E-state index is 0.375. The van der Waals surface area contributed by atoms with Crippen molar-refractivity contribution in [2.75, 3.05) is 6.61 Å². The maximum Gasteiger partial charge on any atom is 0.435 e. The van der Waals surface area contributed by atoms with E-state index in [4.69, 9.17) is 4.74 Å². The summed E-state index contributed by atoms with van der Waals surface area (Å²) < 4.78 is 83.3. The Morgan fingerprint density at radius 1 is 1.19 bits per heavy atom. The molecule has 5 nitrogen and oxygen atoms in total. The molecule has 148 valence electrons. The molecular formula is C16H15F6N3O2. The van der Waals surface area contributed by atoms with Crippen LogP contribution in [-0.4, -0.2) is 28.3 Å². The second-order valence-electron chi connectivity index (χ2n) is 5.74. The lowest BCUT2D eigenvalue weighted by molar-refractivity contribution is -0.142. The van der Waals surface area contributed by atoms with E-state index in [0.29, 0.717) is 0 Å². The van der Waals surface area contributed by atoms with E-state index >= 15 is 0 Å². The van der Waals surface area contributed by atoms with E-state index in [1.54, 1.807) is 0 Å². The molecule has 1 N–H and O–H groups in total. The number of aromatic nitrogens is 2. The second-order valence-corrected chi connectivity index (χ2v) is 5.74. The molecule has 0 bridgehead atoms. The van der Waals surface area contributed by atoms with E-state index in [0.717, 1.165) is 23.0 Å². The van der Waals surface area contributed by atoms with Crippen molar-refractivity contribution < 1.29 is 35.9 Å². The van der Waals surface area contributed by atoms with Crippen molar-refractivity contribution in [2.45, 2.75) is 25.3 Å². The lowest BCUT2D eigenvalue weighted by atomic mass is 10.2. The number of aryl methyl sites for hydroxylation is 1. The number of hydrogen-bond donors (Lipinski definition) is 1. The quantitative estimate of drug-likeness (QED) is 0.787. The van der Waals surface area contributed by atoms with Gasteiger partial charge in [0.25, 0.3) is 5.91 Å². The average Bonchev–Trinajstić information content (AvgIpc) is 2.95. The molecule has 11 heteroatoms. The van der Waals surface area contributed by atoms with Gasteiger partial charge in [0.15, 0.2) is 5.69 Å². The molecule has 1 unspecified atom stereocenters. The third kappa shape index (κ3) is 5.14. The van der Waals surface area contributed by atoms with E-state index in [2.05, 4.69) is 10.4 Å². The zero-order valence-corrected chi connectivity index (χ0v) is 14.1. The monoisotopic (exact) mass is 395 g/mol. The van der Waals surface area contributed by atoms with Gasteiger partial charge in [-0.2, -0.15) is 31.4 Å². The molecule has 1 atom stereocenters. The van der Waals surface area contributed by atoms with E-state index in [1.165, 1.54) is 26.1 Å². The summed E-state index contributed by atoms with van der Waals surface area (Å²) in [4.78, 5) is 12.1. The van der Waals surface area contributed by atoms with Crippen LogP contribution in [0.25, 0.3) is 0 Å². The third-order valence-corrected chi connectivity index (χ3v) is 3.40. The van der Waals surface area contributed by atoms with Gasteiger partial charge in [0.1, 0.15) is 12.4 Å². The van der Waals surface area contributed by atoms with Crippen LogP contribution in [-0.2, 0) is 19.4 Å². The minimum atomic E-state index is -4.82. The molecule has 2 rings (SSSR count). The first-order valence-electron chi connectivity index (χ1n) is 7.60. The molecule has 0 aliphatic heterocycles. The van der Waals surface area contributed by atoms with Crippen molar-refractivity contribution in [1.82, 2.24) is 15.1 Å². The van der Waals surface area contributed by atoms with Gasteiger partial charge in [-0.15, -0.1) is 0 Å². The normalized spacial score (nSPS) is 13.3. The fourth-order valence-electron chi connectivity index (χ4n) is 2.25. The van der Waals surface area contributed by atoms with Crippen LogP contribution in [0.4, 0.5) is 26.3 Å². The maximum atomic E-state index is 12.9. The van der Waals surface area contributed by atoms with E-state index in [9.17, 15) is 31.1 Å². The van der Waals surface area contributed by atoms with E-state index in [1.807, 2.05) is 0 Å². The number of carbonyl (C=O) groups excluding carboxylic acids is 1. The molecule has 1 aromatic carbocycles. The predicted octanol–water partition coefficient (Wildman–Crippen LogP) is 3.66. The molecule has 0 saturated heterocycles. The molecule has 27 heavy (non-hydrogen) atoms. The Labute approximate surface area is 149 Å². The van der Waals surface area contributed by atoms with Gasteiger partial charge in [-0.1, -0.05) is 12.1 Å². The fourth-order valence-corrected chi connectivity index (χ4v) is 2.25. The van der Waals surface area contributed by atoms with Crippen LogP contribution in [0, 0.1) is 0 Å². The molecule has 0 fully saturated rings. The zero-order valence-electron chi connectivity index (χ0n) is 14.1. The Bertz CT molecular complexity index is 813. The van der Waals surface area contributed by atoms with Crippen LogP contribution in [0.3, 0.4) is 0 Å². The standard InChI is InChI=1S/C16H15F6N3O2/c1-9(8-27-12-6-4-3-5-11(12)15(17,18)19)23-14(26)10-7-25(2)24-13(10)16(20,21)22/h3-7,9H,8H2,1-2H3,(H,23,26). The summed E-state index contributed by atoms with van der Waals surface area (Å²) >= 11 is 0. The van der Waals surface area contributed by atoms with Gasteiger partial charge < -0.3 is 10.1 Å².